The topological polar surface area (TPSA) is 99.5 Å². The van der Waals surface area contributed by atoms with E-state index >= 15 is 0 Å². The second-order valence-electron chi connectivity index (χ2n) is 7.82. The van der Waals surface area contributed by atoms with Gasteiger partial charge in [-0.2, -0.15) is 5.26 Å². The molecule has 3 aromatic rings. The third-order valence-electron chi connectivity index (χ3n) is 5.59. The molecule has 1 saturated heterocycles. The summed E-state index contributed by atoms with van der Waals surface area (Å²) in [6.07, 6.45) is 1.41. The van der Waals surface area contributed by atoms with Crippen molar-refractivity contribution in [3.8, 4) is 11.8 Å². The van der Waals surface area contributed by atoms with Crippen molar-refractivity contribution >= 4 is 29.6 Å². The number of rotatable bonds is 5. The highest BCUT2D eigenvalue weighted by molar-refractivity contribution is 6.39. The van der Waals surface area contributed by atoms with E-state index in [-0.39, 0.29) is 12.2 Å². The summed E-state index contributed by atoms with van der Waals surface area (Å²) in [4.78, 5) is 39.2. The Balaban J connectivity index is 1.66. The number of barbiturate groups is 1. The molecule has 7 nitrogen and oxygen atoms in total. The molecule has 0 aromatic heterocycles. The van der Waals surface area contributed by atoms with Crippen LogP contribution in [0.5, 0.6) is 5.75 Å². The Hall–Kier alpha value is -4.70. The van der Waals surface area contributed by atoms with Gasteiger partial charge in [-0.25, -0.2) is 9.69 Å². The van der Waals surface area contributed by atoms with Crippen molar-refractivity contribution in [3.05, 3.63) is 100 Å². The molecular formula is C27H21N3O4. The lowest BCUT2D eigenvalue weighted by atomic mass is 10.0. The van der Waals surface area contributed by atoms with Crippen LogP contribution < -0.4 is 15.0 Å². The van der Waals surface area contributed by atoms with Crippen LogP contribution in [0, 0.1) is 25.2 Å². The third kappa shape index (κ3) is 4.43. The summed E-state index contributed by atoms with van der Waals surface area (Å²) < 4.78 is 5.92. The number of nitrogens with zero attached hydrogens (tertiary/aromatic N) is 2. The maximum atomic E-state index is 13.2. The third-order valence-corrected chi connectivity index (χ3v) is 5.59. The fourth-order valence-corrected chi connectivity index (χ4v) is 3.55. The van der Waals surface area contributed by atoms with E-state index in [4.69, 9.17) is 4.74 Å². The highest BCUT2D eigenvalue weighted by atomic mass is 16.5. The maximum Gasteiger partial charge on any atom is 0.335 e. The van der Waals surface area contributed by atoms with Crippen LogP contribution in [0.4, 0.5) is 10.5 Å². The highest BCUT2D eigenvalue weighted by Gasteiger charge is 2.37. The van der Waals surface area contributed by atoms with Crippen LogP contribution in [0.2, 0.25) is 0 Å². The second kappa shape index (κ2) is 9.43. The number of hydrogen-bond donors (Lipinski definition) is 1. The Bertz CT molecular complexity index is 1380. The van der Waals surface area contributed by atoms with Crippen LogP contribution in [0.15, 0.2) is 72.3 Å². The number of anilines is 1. The fourth-order valence-electron chi connectivity index (χ4n) is 3.55. The molecule has 0 saturated carbocycles. The first-order valence-electron chi connectivity index (χ1n) is 10.6. The second-order valence-corrected chi connectivity index (χ2v) is 7.82. The van der Waals surface area contributed by atoms with Crippen molar-refractivity contribution < 1.29 is 19.1 Å². The van der Waals surface area contributed by atoms with Gasteiger partial charge >= 0.3 is 6.03 Å². The molecule has 0 aliphatic carbocycles. The molecule has 1 fully saturated rings. The van der Waals surface area contributed by atoms with Gasteiger partial charge in [0.25, 0.3) is 11.8 Å². The molecule has 1 aliphatic heterocycles. The monoisotopic (exact) mass is 451 g/mol. The van der Waals surface area contributed by atoms with Crippen LogP contribution in [0.1, 0.15) is 27.8 Å². The SMILES string of the molecule is Cc1ccc(N2C(=O)NC(=O)/C(=C\c3ccccc3OCc3ccccc3C#N)C2=O)cc1C. The number of benzene rings is 3. The van der Waals surface area contributed by atoms with Crippen molar-refractivity contribution in [2.24, 2.45) is 0 Å². The molecule has 34 heavy (non-hydrogen) atoms. The summed E-state index contributed by atoms with van der Waals surface area (Å²) in [7, 11) is 0. The molecule has 4 rings (SSSR count). The molecule has 168 valence electrons. The van der Waals surface area contributed by atoms with Crippen LogP contribution in [0.3, 0.4) is 0 Å². The minimum Gasteiger partial charge on any atom is -0.488 e. The van der Waals surface area contributed by atoms with E-state index in [1.807, 2.05) is 26.0 Å². The van der Waals surface area contributed by atoms with Crippen molar-refractivity contribution in [1.29, 1.82) is 5.26 Å². The molecule has 7 heteroatoms. The number of para-hydroxylation sites is 1. The molecule has 4 amide bonds. The number of carbonyl (C=O) groups is 3. The number of hydrogen-bond acceptors (Lipinski definition) is 5. The molecule has 0 radical (unpaired) electrons. The fraction of sp³-hybridized carbons (Fsp3) is 0.111. The van der Waals surface area contributed by atoms with Gasteiger partial charge in [0.1, 0.15) is 17.9 Å². The van der Waals surface area contributed by atoms with Crippen LogP contribution in [-0.2, 0) is 16.2 Å². The van der Waals surface area contributed by atoms with Gasteiger partial charge in [-0.1, -0.05) is 42.5 Å². The van der Waals surface area contributed by atoms with Gasteiger partial charge in [-0.05, 0) is 55.3 Å². The van der Waals surface area contributed by atoms with Crippen molar-refractivity contribution in [1.82, 2.24) is 5.32 Å². The van der Waals surface area contributed by atoms with Crippen molar-refractivity contribution in [2.45, 2.75) is 20.5 Å². The van der Waals surface area contributed by atoms with Gasteiger partial charge in [0, 0.05) is 11.1 Å². The zero-order chi connectivity index (χ0) is 24.2. The zero-order valence-corrected chi connectivity index (χ0v) is 18.7. The number of carbonyl (C=O) groups excluding carboxylic acids is 3. The Morgan fingerprint density at radius 3 is 2.47 bits per heavy atom. The number of nitriles is 1. The predicted octanol–water partition coefficient (Wildman–Crippen LogP) is 4.42. The summed E-state index contributed by atoms with van der Waals surface area (Å²) in [6.45, 7) is 3.94. The molecule has 1 N–H and O–H groups in total. The molecule has 1 aliphatic rings. The van der Waals surface area contributed by atoms with Gasteiger partial charge in [0.15, 0.2) is 0 Å². The lowest BCUT2D eigenvalue weighted by Crippen LogP contribution is -2.54. The van der Waals surface area contributed by atoms with Crippen LogP contribution in [-0.4, -0.2) is 17.8 Å². The van der Waals surface area contributed by atoms with E-state index in [9.17, 15) is 19.6 Å². The summed E-state index contributed by atoms with van der Waals surface area (Å²) >= 11 is 0. The van der Waals surface area contributed by atoms with E-state index in [1.54, 1.807) is 54.6 Å². The molecule has 0 bridgehead atoms. The predicted molar refractivity (Wildman–Crippen MR) is 127 cm³/mol. The quantitative estimate of drug-likeness (QED) is 0.457. The van der Waals surface area contributed by atoms with E-state index in [2.05, 4.69) is 11.4 Å². The maximum absolute atomic E-state index is 13.2. The lowest BCUT2D eigenvalue weighted by molar-refractivity contribution is -0.122. The van der Waals surface area contributed by atoms with E-state index < -0.39 is 17.8 Å². The van der Waals surface area contributed by atoms with Crippen LogP contribution >= 0.6 is 0 Å². The van der Waals surface area contributed by atoms with Gasteiger partial charge in [-0.15, -0.1) is 0 Å². The molecule has 0 spiro atoms. The summed E-state index contributed by atoms with van der Waals surface area (Å²) in [5.74, 6) is -1.07. The van der Waals surface area contributed by atoms with Crippen molar-refractivity contribution in [2.75, 3.05) is 4.90 Å². The minimum absolute atomic E-state index is 0.136. The summed E-state index contributed by atoms with van der Waals surface area (Å²) in [5, 5.41) is 11.5. The van der Waals surface area contributed by atoms with E-state index in [0.29, 0.717) is 28.1 Å². The van der Waals surface area contributed by atoms with Gasteiger partial charge < -0.3 is 4.74 Å². The van der Waals surface area contributed by atoms with Gasteiger partial charge in [-0.3, -0.25) is 14.9 Å². The Morgan fingerprint density at radius 1 is 0.971 bits per heavy atom. The number of amides is 4. The van der Waals surface area contributed by atoms with Crippen molar-refractivity contribution in [3.63, 3.8) is 0 Å². The Labute approximate surface area is 196 Å². The normalized spacial score (nSPS) is 14.7. The molecule has 0 unspecified atom stereocenters. The molecule has 3 aromatic carbocycles. The standard InChI is InChI=1S/C27H21N3O4/c1-17-11-12-22(13-18(17)2)30-26(32)23(25(31)29-27(30)33)14-19-7-5-6-10-24(19)34-16-21-9-4-3-8-20(21)15-28/h3-14H,16H2,1-2H3,(H,29,31,33)/b23-14+. The number of aryl methyl sites for hydroxylation is 2. The minimum atomic E-state index is -0.798. The number of nitrogens with one attached hydrogen (secondary N) is 1. The number of ether oxygens (including phenoxy) is 1. The highest BCUT2D eigenvalue weighted by Crippen LogP contribution is 2.27. The average molecular weight is 451 g/mol. The Kier molecular flexibility index (Phi) is 6.24. The first-order chi connectivity index (χ1) is 16.4. The lowest BCUT2D eigenvalue weighted by Gasteiger charge is -2.27. The van der Waals surface area contributed by atoms with Gasteiger partial charge in [0.05, 0.1) is 17.3 Å². The zero-order valence-electron chi connectivity index (χ0n) is 18.7. The summed E-state index contributed by atoms with van der Waals surface area (Å²) in [5.41, 5.74) is 3.83. The smallest absolute Gasteiger partial charge is 0.335 e. The Morgan fingerprint density at radius 2 is 1.71 bits per heavy atom. The molecular weight excluding hydrogens is 430 g/mol. The largest absolute Gasteiger partial charge is 0.488 e. The molecule has 0 atom stereocenters. The molecule has 1 heterocycles. The van der Waals surface area contributed by atoms with Crippen LogP contribution in [0.25, 0.3) is 6.08 Å². The first-order valence-corrected chi connectivity index (χ1v) is 10.6. The van der Waals surface area contributed by atoms with E-state index in [0.717, 1.165) is 16.0 Å². The number of urea groups is 1. The van der Waals surface area contributed by atoms with Gasteiger partial charge in [0.2, 0.25) is 0 Å². The average Bonchev–Trinajstić information content (AvgIpc) is 2.83. The first kappa shape index (κ1) is 22.5. The number of imide groups is 2. The van der Waals surface area contributed by atoms with E-state index in [1.165, 1.54) is 6.08 Å². The summed E-state index contributed by atoms with van der Waals surface area (Å²) in [6, 6.07) is 20.6.